The molecule has 0 aliphatic carbocycles. The molecule has 2 heterocycles. The number of amides is 2. The number of thioether (sulfide) groups is 1. The van der Waals surface area contributed by atoms with E-state index in [0.717, 1.165) is 6.42 Å². The minimum absolute atomic E-state index is 0.0292. The predicted octanol–water partition coefficient (Wildman–Crippen LogP) is 3.95. The topological polar surface area (TPSA) is 86.8 Å². The van der Waals surface area contributed by atoms with Crippen molar-refractivity contribution in [3.63, 3.8) is 0 Å². The van der Waals surface area contributed by atoms with E-state index < -0.39 is 16.1 Å². The number of benzene rings is 2. The van der Waals surface area contributed by atoms with Crippen LogP contribution >= 0.6 is 23.4 Å². The van der Waals surface area contributed by atoms with Gasteiger partial charge < -0.3 is 10.2 Å². The van der Waals surface area contributed by atoms with Gasteiger partial charge in [-0.1, -0.05) is 29.8 Å². The molecule has 1 N–H and O–H groups in total. The summed E-state index contributed by atoms with van der Waals surface area (Å²) in [5.74, 6) is 0.140. The van der Waals surface area contributed by atoms with Crippen LogP contribution in [0, 0.1) is 0 Å². The second kappa shape index (κ2) is 8.61. The summed E-state index contributed by atoms with van der Waals surface area (Å²) in [5, 5.41) is 2.85. The molecule has 7 nitrogen and oxygen atoms in total. The third kappa shape index (κ3) is 3.97. The highest BCUT2D eigenvalue weighted by atomic mass is 35.5. The van der Waals surface area contributed by atoms with E-state index in [4.69, 9.17) is 11.6 Å². The van der Waals surface area contributed by atoms with E-state index in [9.17, 15) is 18.0 Å². The zero-order valence-corrected chi connectivity index (χ0v) is 20.1. The second-order valence-corrected chi connectivity index (χ2v) is 11.6. The Labute approximate surface area is 197 Å². The van der Waals surface area contributed by atoms with Gasteiger partial charge in [0.25, 0.3) is 10.0 Å². The molecule has 2 fully saturated rings. The smallest absolute Gasteiger partial charge is 0.265 e. The van der Waals surface area contributed by atoms with E-state index in [1.807, 2.05) is 13.0 Å². The number of fused-ring (bicyclic) bond motifs is 1. The summed E-state index contributed by atoms with van der Waals surface area (Å²) < 4.78 is 28.0. The van der Waals surface area contributed by atoms with Gasteiger partial charge in [0.15, 0.2) is 0 Å². The average molecular weight is 494 g/mol. The minimum Gasteiger partial charge on any atom is -0.324 e. The zero-order valence-electron chi connectivity index (χ0n) is 17.7. The van der Waals surface area contributed by atoms with Gasteiger partial charge in [-0.15, -0.1) is 11.8 Å². The molecule has 2 aromatic rings. The van der Waals surface area contributed by atoms with Crippen LogP contribution in [0.25, 0.3) is 0 Å². The first-order valence-electron chi connectivity index (χ1n) is 10.3. The number of nitrogens with one attached hydrogen (secondary N) is 1. The third-order valence-corrected chi connectivity index (χ3v) is 9.74. The first-order valence-corrected chi connectivity index (χ1v) is 13.1. The number of para-hydroxylation sites is 1. The van der Waals surface area contributed by atoms with E-state index >= 15 is 0 Å². The largest absolute Gasteiger partial charge is 0.324 e. The van der Waals surface area contributed by atoms with Crippen LogP contribution in [0.15, 0.2) is 53.4 Å². The fraction of sp³-hybridized carbons (Fsp3) is 0.364. The Morgan fingerprint density at radius 1 is 1.28 bits per heavy atom. The third-order valence-electron chi connectivity index (χ3n) is 5.85. The molecule has 0 spiro atoms. The summed E-state index contributed by atoms with van der Waals surface area (Å²) in [4.78, 5) is 26.5. The number of hydrogen-bond acceptors (Lipinski definition) is 5. The Kier molecular flexibility index (Phi) is 6.17. The molecule has 2 saturated heterocycles. The van der Waals surface area contributed by atoms with Gasteiger partial charge in [0.05, 0.1) is 15.6 Å². The summed E-state index contributed by atoms with van der Waals surface area (Å²) in [6.45, 7) is 3.94. The van der Waals surface area contributed by atoms with Crippen molar-refractivity contribution in [2.75, 3.05) is 21.9 Å². The number of nitrogens with zero attached hydrogens (tertiary/aromatic N) is 2. The highest BCUT2D eigenvalue weighted by Crippen LogP contribution is 2.47. The number of anilines is 2. The van der Waals surface area contributed by atoms with Crippen molar-refractivity contribution < 1.29 is 18.0 Å². The van der Waals surface area contributed by atoms with Gasteiger partial charge in [-0.05, 0) is 50.6 Å². The molecule has 2 atom stereocenters. The zero-order chi connectivity index (χ0) is 23.1. The van der Waals surface area contributed by atoms with Crippen molar-refractivity contribution in [1.29, 1.82) is 0 Å². The maximum absolute atomic E-state index is 13.4. The molecule has 32 heavy (non-hydrogen) atoms. The van der Waals surface area contributed by atoms with Crippen LogP contribution in [0.5, 0.6) is 0 Å². The molecular formula is C22H24ClN3O4S2. The lowest BCUT2D eigenvalue weighted by Gasteiger charge is -2.30. The Hall–Kier alpha value is -2.23. The molecule has 4 rings (SSSR count). The highest BCUT2D eigenvalue weighted by Gasteiger charge is 2.52. The van der Waals surface area contributed by atoms with Crippen molar-refractivity contribution in [3.8, 4) is 0 Å². The Balaban J connectivity index is 1.60. The van der Waals surface area contributed by atoms with Crippen LogP contribution in [0.2, 0.25) is 5.02 Å². The SMILES string of the molecule is CCN(c1ccccc1)S(=O)(=O)c1cc(NC(=O)[C@@H]2CS[C@@]3(C)CCC(=O)N23)ccc1Cl. The quantitative estimate of drug-likeness (QED) is 0.658. The standard InChI is InChI=1S/C22H24ClN3O4S2/c1-3-25(16-7-5-4-6-8-16)32(29,30)19-13-15(9-10-17(19)23)24-21(28)18-14-31-22(2)12-11-20(27)26(18)22/h4-10,13,18H,3,11-12,14H2,1-2H3,(H,24,28)/t18-,22-/m0/s1. The Morgan fingerprint density at radius 2 is 2.00 bits per heavy atom. The maximum Gasteiger partial charge on any atom is 0.265 e. The minimum atomic E-state index is -3.96. The maximum atomic E-state index is 13.4. The lowest BCUT2D eigenvalue weighted by atomic mass is 10.2. The van der Waals surface area contributed by atoms with Gasteiger partial charge in [-0.25, -0.2) is 8.42 Å². The van der Waals surface area contributed by atoms with E-state index in [1.54, 1.807) is 53.9 Å². The van der Waals surface area contributed by atoms with E-state index in [2.05, 4.69) is 5.32 Å². The van der Waals surface area contributed by atoms with Gasteiger partial charge >= 0.3 is 0 Å². The Bertz CT molecular complexity index is 1160. The predicted molar refractivity (Wildman–Crippen MR) is 127 cm³/mol. The molecular weight excluding hydrogens is 470 g/mol. The number of carbonyl (C=O) groups excluding carboxylic acids is 2. The summed E-state index contributed by atoms with van der Waals surface area (Å²) in [5.41, 5.74) is 0.836. The molecule has 2 aliphatic heterocycles. The number of rotatable bonds is 6. The van der Waals surface area contributed by atoms with Crippen LogP contribution in [-0.4, -0.2) is 48.3 Å². The van der Waals surface area contributed by atoms with Gasteiger partial charge in [0, 0.05) is 24.4 Å². The highest BCUT2D eigenvalue weighted by molar-refractivity contribution is 8.01. The molecule has 2 aromatic carbocycles. The second-order valence-electron chi connectivity index (χ2n) is 7.91. The number of hydrogen-bond donors (Lipinski definition) is 1. The van der Waals surface area contributed by atoms with Crippen LogP contribution in [-0.2, 0) is 19.6 Å². The summed E-state index contributed by atoms with van der Waals surface area (Å²) >= 11 is 7.87. The van der Waals surface area contributed by atoms with Gasteiger partial charge in [0.1, 0.15) is 10.9 Å². The molecule has 10 heteroatoms. The fourth-order valence-electron chi connectivity index (χ4n) is 4.22. The first-order chi connectivity index (χ1) is 15.2. The summed E-state index contributed by atoms with van der Waals surface area (Å²) in [6, 6.07) is 12.6. The van der Waals surface area contributed by atoms with Crippen LogP contribution in [0.4, 0.5) is 11.4 Å². The fourth-order valence-corrected chi connectivity index (χ4v) is 7.63. The molecule has 0 aromatic heterocycles. The summed E-state index contributed by atoms with van der Waals surface area (Å²) in [7, 11) is -3.96. The van der Waals surface area contributed by atoms with Crippen LogP contribution in [0.1, 0.15) is 26.7 Å². The summed E-state index contributed by atoms with van der Waals surface area (Å²) in [6.07, 6.45) is 1.15. The van der Waals surface area contributed by atoms with Crippen molar-refractivity contribution in [1.82, 2.24) is 4.90 Å². The van der Waals surface area contributed by atoms with Crippen molar-refractivity contribution in [2.24, 2.45) is 0 Å². The van der Waals surface area contributed by atoms with Crippen molar-refractivity contribution >= 4 is 56.6 Å². The molecule has 0 radical (unpaired) electrons. The lowest BCUT2D eigenvalue weighted by Crippen LogP contribution is -2.48. The van der Waals surface area contributed by atoms with Gasteiger partial charge in [-0.2, -0.15) is 0 Å². The Morgan fingerprint density at radius 3 is 2.69 bits per heavy atom. The van der Waals surface area contributed by atoms with Crippen molar-refractivity contribution in [2.45, 2.75) is 42.5 Å². The van der Waals surface area contributed by atoms with Gasteiger partial charge in [-0.3, -0.25) is 13.9 Å². The molecule has 0 bridgehead atoms. The van der Waals surface area contributed by atoms with Crippen LogP contribution in [0.3, 0.4) is 0 Å². The number of carbonyl (C=O) groups is 2. The molecule has 170 valence electrons. The molecule has 2 aliphatic rings. The van der Waals surface area contributed by atoms with E-state index in [0.29, 0.717) is 23.5 Å². The normalized spacial score (nSPS) is 22.7. The number of halogens is 1. The molecule has 2 amide bonds. The monoisotopic (exact) mass is 493 g/mol. The van der Waals surface area contributed by atoms with E-state index in [1.165, 1.54) is 16.4 Å². The molecule has 0 saturated carbocycles. The van der Waals surface area contributed by atoms with E-state index in [-0.39, 0.29) is 33.1 Å². The lowest BCUT2D eigenvalue weighted by molar-refractivity contribution is -0.135. The van der Waals surface area contributed by atoms with Gasteiger partial charge in [0.2, 0.25) is 11.8 Å². The number of sulfonamides is 1. The van der Waals surface area contributed by atoms with Crippen LogP contribution < -0.4 is 9.62 Å². The molecule has 0 unspecified atom stereocenters. The average Bonchev–Trinajstić information content (AvgIpc) is 3.26. The first kappa shape index (κ1) is 22.9. The van der Waals surface area contributed by atoms with Crippen molar-refractivity contribution in [3.05, 3.63) is 53.6 Å².